The summed E-state index contributed by atoms with van der Waals surface area (Å²) in [5, 5.41) is 10.8. The van der Waals surface area contributed by atoms with Crippen LogP contribution in [0.4, 0.5) is 0 Å². The zero-order chi connectivity index (χ0) is 6.97. The Hall–Kier alpha value is -1.45. The Kier molecular flexibility index (Phi) is 0.943. The summed E-state index contributed by atoms with van der Waals surface area (Å²) in [7, 11) is 0. The maximum atomic E-state index is 10.8. The van der Waals surface area contributed by atoms with Gasteiger partial charge in [0.2, 0.25) is 12.5 Å². The SMILES string of the molecule is [O-][n+]1cccc2c1OCO2. The molecule has 10 heavy (non-hydrogen) atoms. The third-order valence-electron chi connectivity index (χ3n) is 1.29. The second kappa shape index (κ2) is 1.76. The van der Waals surface area contributed by atoms with Gasteiger partial charge in [0.05, 0.1) is 0 Å². The molecular weight excluding hydrogens is 134 g/mol. The van der Waals surface area contributed by atoms with Crippen LogP contribution in [0, 0.1) is 5.21 Å². The molecule has 0 saturated carbocycles. The number of pyridine rings is 1. The molecule has 1 aliphatic heterocycles. The number of fused-ring (bicyclic) bond motifs is 1. The first-order valence-corrected chi connectivity index (χ1v) is 2.86. The Bertz CT molecular complexity index is 261. The summed E-state index contributed by atoms with van der Waals surface area (Å²) >= 11 is 0. The number of aromatic nitrogens is 1. The van der Waals surface area contributed by atoms with Crippen molar-refractivity contribution in [2.24, 2.45) is 0 Å². The third-order valence-corrected chi connectivity index (χ3v) is 1.29. The topological polar surface area (TPSA) is 45.4 Å². The van der Waals surface area contributed by atoms with Crippen LogP contribution in [0.15, 0.2) is 18.3 Å². The molecular formula is C6H5NO3. The molecule has 0 fully saturated rings. The second-order valence-corrected chi connectivity index (χ2v) is 1.91. The maximum Gasteiger partial charge on any atom is 0.426 e. The lowest BCUT2D eigenvalue weighted by Crippen LogP contribution is -2.26. The lowest BCUT2D eigenvalue weighted by Gasteiger charge is -1.96. The lowest BCUT2D eigenvalue weighted by molar-refractivity contribution is -0.611. The normalized spacial score (nSPS) is 13.6. The highest BCUT2D eigenvalue weighted by Crippen LogP contribution is 2.26. The molecule has 0 spiro atoms. The molecule has 0 amide bonds. The van der Waals surface area contributed by atoms with E-state index in [1.54, 1.807) is 12.1 Å². The van der Waals surface area contributed by atoms with Crippen molar-refractivity contribution in [2.45, 2.75) is 0 Å². The van der Waals surface area contributed by atoms with Gasteiger partial charge in [-0.15, -0.1) is 4.73 Å². The molecule has 2 heterocycles. The summed E-state index contributed by atoms with van der Waals surface area (Å²) in [4.78, 5) is 0. The van der Waals surface area contributed by atoms with Crippen LogP contribution < -0.4 is 14.2 Å². The minimum absolute atomic E-state index is 0.140. The highest BCUT2D eigenvalue weighted by Gasteiger charge is 2.21. The molecule has 1 aromatic heterocycles. The van der Waals surface area contributed by atoms with Gasteiger partial charge in [-0.1, -0.05) is 0 Å². The van der Waals surface area contributed by atoms with Crippen molar-refractivity contribution in [3.05, 3.63) is 23.5 Å². The van der Waals surface area contributed by atoms with Gasteiger partial charge >= 0.3 is 5.88 Å². The summed E-state index contributed by atoms with van der Waals surface area (Å²) in [5.74, 6) is 0.764. The first kappa shape index (κ1) is 5.34. The molecule has 0 unspecified atom stereocenters. The number of nitrogens with zero attached hydrogens (tertiary/aromatic N) is 1. The van der Waals surface area contributed by atoms with E-state index in [0.717, 1.165) is 0 Å². The van der Waals surface area contributed by atoms with E-state index < -0.39 is 0 Å². The summed E-state index contributed by atoms with van der Waals surface area (Å²) < 4.78 is 10.4. The summed E-state index contributed by atoms with van der Waals surface area (Å²) in [6.45, 7) is 0.140. The molecule has 2 rings (SSSR count). The predicted octanol–water partition coefficient (Wildman–Crippen LogP) is 0.0487. The minimum atomic E-state index is 0.140. The summed E-state index contributed by atoms with van der Waals surface area (Å²) in [6.07, 6.45) is 1.37. The van der Waals surface area contributed by atoms with E-state index in [-0.39, 0.29) is 12.7 Å². The van der Waals surface area contributed by atoms with E-state index in [1.165, 1.54) is 6.20 Å². The largest absolute Gasteiger partial charge is 0.616 e. The molecule has 0 aromatic carbocycles. The van der Waals surface area contributed by atoms with Crippen LogP contribution >= 0.6 is 0 Å². The highest BCUT2D eigenvalue weighted by molar-refractivity contribution is 5.30. The molecule has 1 aromatic rings. The Morgan fingerprint density at radius 1 is 1.50 bits per heavy atom. The quantitative estimate of drug-likeness (QED) is 0.377. The van der Waals surface area contributed by atoms with E-state index in [1.807, 2.05) is 0 Å². The van der Waals surface area contributed by atoms with Crippen molar-refractivity contribution in [1.29, 1.82) is 0 Å². The van der Waals surface area contributed by atoms with Gasteiger partial charge in [0.1, 0.15) is 0 Å². The van der Waals surface area contributed by atoms with Crippen LogP contribution in [0.3, 0.4) is 0 Å². The molecule has 0 radical (unpaired) electrons. The van der Waals surface area contributed by atoms with Crippen LogP contribution in [0.5, 0.6) is 11.6 Å². The molecule has 0 saturated heterocycles. The van der Waals surface area contributed by atoms with Crippen LogP contribution in [0.1, 0.15) is 0 Å². The van der Waals surface area contributed by atoms with Gasteiger partial charge in [0.15, 0.2) is 6.20 Å². The van der Waals surface area contributed by atoms with Crippen molar-refractivity contribution in [1.82, 2.24) is 0 Å². The van der Waals surface area contributed by atoms with Crippen LogP contribution in [-0.4, -0.2) is 6.79 Å². The predicted molar refractivity (Wildman–Crippen MR) is 31.5 cm³/mol. The van der Waals surface area contributed by atoms with Gasteiger partial charge in [-0.05, 0) is 6.07 Å². The zero-order valence-corrected chi connectivity index (χ0v) is 5.11. The number of hydrogen-bond acceptors (Lipinski definition) is 3. The monoisotopic (exact) mass is 139 g/mol. The Morgan fingerprint density at radius 2 is 2.40 bits per heavy atom. The van der Waals surface area contributed by atoms with E-state index in [2.05, 4.69) is 0 Å². The lowest BCUT2D eigenvalue weighted by atomic mass is 10.4. The van der Waals surface area contributed by atoms with Crippen molar-refractivity contribution in [3.63, 3.8) is 0 Å². The highest BCUT2D eigenvalue weighted by atomic mass is 16.7. The van der Waals surface area contributed by atoms with Gasteiger partial charge in [0.25, 0.3) is 0 Å². The number of hydrogen-bond donors (Lipinski definition) is 0. The molecule has 0 N–H and O–H groups in total. The van der Waals surface area contributed by atoms with Crippen LogP contribution in [0.2, 0.25) is 0 Å². The first-order valence-electron chi connectivity index (χ1n) is 2.86. The Morgan fingerprint density at radius 3 is 3.20 bits per heavy atom. The molecule has 52 valence electrons. The van der Waals surface area contributed by atoms with Gasteiger partial charge in [0, 0.05) is 6.07 Å². The third kappa shape index (κ3) is 0.586. The number of rotatable bonds is 0. The Labute approximate surface area is 57.2 Å². The average Bonchev–Trinajstić information content (AvgIpc) is 2.36. The minimum Gasteiger partial charge on any atom is -0.616 e. The van der Waals surface area contributed by atoms with Crippen molar-refractivity contribution >= 4 is 0 Å². The maximum absolute atomic E-state index is 10.8. The van der Waals surface area contributed by atoms with E-state index >= 15 is 0 Å². The van der Waals surface area contributed by atoms with E-state index in [0.29, 0.717) is 10.5 Å². The van der Waals surface area contributed by atoms with Crippen LogP contribution in [0.25, 0.3) is 0 Å². The number of ether oxygens (including phenoxy) is 2. The molecule has 0 aliphatic carbocycles. The summed E-state index contributed by atoms with van der Waals surface area (Å²) in [5.41, 5.74) is 0. The van der Waals surface area contributed by atoms with Gasteiger partial charge in [-0.2, -0.15) is 0 Å². The van der Waals surface area contributed by atoms with Gasteiger partial charge < -0.3 is 14.7 Å². The fourth-order valence-corrected chi connectivity index (χ4v) is 0.850. The summed E-state index contributed by atoms with van der Waals surface area (Å²) in [6, 6.07) is 3.30. The fraction of sp³-hybridized carbons (Fsp3) is 0.167. The second-order valence-electron chi connectivity index (χ2n) is 1.91. The zero-order valence-electron chi connectivity index (χ0n) is 5.11. The standard InChI is InChI=1S/C6H5NO3/c8-7-3-1-2-5-6(7)10-4-9-5/h1-3H,4H2. The van der Waals surface area contributed by atoms with Crippen molar-refractivity contribution < 1.29 is 14.2 Å². The van der Waals surface area contributed by atoms with Crippen molar-refractivity contribution in [3.8, 4) is 11.6 Å². The molecule has 0 bridgehead atoms. The van der Waals surface area contributed by atoms with E-state index in [4.69, 9.17) is 9.47 Å². The van der Waals surface area contributed by atoms with Gasteiger partial charge in [-0.3, -0.25) is 0 Å². The average molecular weight is 139 g/mol. The molecule has 4 heteroatoms. The fourth-order valence-electron chi connectivity index (χ4n) is 0.850. The molecule has 1 aliphatic rings. The smallest absolute Gasteiger partial charge is 0.426 e. The Balaban J connectivity index is 2.59. The molecule has 0 atom stereocenters. The molecule has 4 nitrogen and oxygen atoms in total. The van der Waals surface area contributed by atoms with Crippen molar-refractivity contribution in [2.75, 3.05) is 6.79 Å². The van der Waals surface area contributed by atoms with Crippen LogP contribution in [-0.2, 0) is 0 Å². The van der Waals surface area contributed by atoms with E-state index in [9.17, 15) is 5.21 Å². The first-order chi connectivity index (χ1) is 4.88. The van der Waals surface area contributed by atoms with Gasteiger partial charge in [-0.25, -0.2) is 0 Å².